The van der Waals surface area contributed by atoms with Crippen molar-refractivity contribution in [1.82, 2.24) is 10.6 Å². The third-order valence-corrected chi connectivity index (χ3v) is 2.68. The zero-order valence-corrected chi connectivity index (χ0v) is 11.3. The van der Waals surface area contributed by atoms with E-state index in [1.807, 2.05) is 0 Å². The summed E-state index contributed by atoms with van der Waals surface area (Å²) in [5.74, 6) is -0.897. The summed E-state index contributed by atoms with van der Waals surface area (Å²) in [5, 5.41) is 5.81. The van der Waals surface area contributed by atoms with Gasteiger partial charge in [-0.15, -0.1) is 0 Å². The molecule has 3 nitrogen and oxygen atoms in total. The van der Waals surface area contributed by atoms with Gasteiger partial charge in [0.05, 0.1) is 5.56 Å². The Morgan fingerprint density at radius 1 is 1.35 bits per heavy atom. The molecule has 0 aliphatic carbocycles. The number of amides is 1. The Bertz CT molecular complexity index is 385. The topological polar surface area (TPSA) is 41.1 Å². The summed E-state index contributed by atoms with van der Waals surface area (Å²) < 4.78 is 14.0. The fourth-order valence-electron chi connectivity index (χ4n) is 1.34. The van der Waals surface area contributed by atoms with Gasteiger partial charge in [0, 0.05) is 17.6 Å². The van der Waals surface area contributed by atoms with Crippen molar-refractivity contribution >= 4 is 21.8 Å². The molecule has 0 aliphatic heterocycles. The van der Waals surface area contributed by atoms with E-state index in [1.165, 1.54) is 12.1 Å². The predicted octanol–water partition coefficient (Wildman–Crippen LogP) is 2.32. The van der Waals surface area contributed by atoms with E-state index in [1.54, 1.807) is 6.07 Å². The molecule has 94 valence electrons. The number of carbonyl (C=O) groups is 1. The van der Waals surface area contributed by atoms with Crippen LogP contribution >= 0.6 is 15.9 Å². The second-order valence-electron chi connectivity index (χ2n) is 3.63. The van der Waals surface area contributed by atoms with Crippen molar-refractivity contribution in [3.8, 4) is 0 Å². The van der Waals surface area contributed by atoms with Crippen LogP contribution in [0, 0.1) is 5.82 Å². The first-order valence-electron chi connectivity index (χ1n) is 5.59. The highest BCUT2D eigenvalue weighted by Gasteiger charge is 2.10. The molecule has 0 aromatic heterocycles. The molecule has 1 rings (SSSR count). The van der Waals surface area contributed by atoms with E-state index in [9.17, 15) is 9.18 Å². The molecule has 0 radical (unpaired) electrons. The lowest BCUT2D eigenvalue weighted by atomic mass is 10.2. The average Bonchev–Trinajstić information content (AvgIpc) is 2.28. The van der Waals surface area contributed by atoms with Gasteiger partial charge in [-0.05, 0) is 31.2 Å². The summed E-state index contributed by atoms with van der Waals surface area (Å²) in [5.41, 5.74) is 0.0729. The molecule has 0 aliphatic rings. The van der Waals surface area contributed by atoms with Crippen LogP contribution in [0.25, 0.3) is 0 Å². The van der Waals surface area contributed by atoms with Gasteiger partial charge in [-0.1, -0.05) is 22.9 Å². The van der Waals surface area contributed by atoms with Crippen molar-refractivity contribution in [2.75, 3.05) is 19.6 Å². The van der Waals surface area contributed by atoms with Crippen molar-refractivity contribution in [1.29, 1.82) is 0 Å². The minimum absolute atomic E-state index is 0.0729. The molecule has 5 heteroatoms. The first-order chi connectivity index (χ1) is 8.15. The van der Waals surface area contributed by atoms with Gasteiger partial charge in [-0.3, -0.25) is 4.79 Å². The van der Waals surface area contributed by atoms with E-state index < -0.39 is 5.82 Å². The summed E-state index contributed by atoms with van der Waals surface area (Å²) in [6.45, 7) is 4.18. The largest absolute Gasteiger partial charge is 0.351 e. The highest BCUT2D eigenvalue weighted by Crippen LogP contribution is 2.14. The van der Waals surface area contributed by atoms with Gasteiger partial charge in [0.2, 0.25) is 0 Å². The summed E-state index contributed by atoms with van der Waals surface area (Å²) in [4.78, 5) is 11.6. The van der Waals surface area contributed by atoms with Gasteiger partial charge in [-0.25, -0.2) is 4.39 Å². The first kappa shape index (κ1) is 14.1. The lowest BCUT2D eigenvalue weighted by Gasteiger charge is -2.07. The van der Waals surface area contributed by atoms with Crippen molar-refractivity contribution in [3.63, 3.8) is 0 Å². The molecule has 0 atom stereocenters. The number of nitrogens with one attached hydrogen (secondary N) is 2. The van der Waals surface area contributed by atoms with Gasteiger partial charge in [-0.2, -0.15) is 0 Å². The van der Waals surface area contributed by atoms with Crippen LogP contribution in [0.5, 0.6) is 0 Å². The third kappa shape index (κ3) is 4.83. The Morgan fingerprint density at radius 3 is 2.76 bits per heavy atom. The average molecular weight is 303 g/mol. The van der Waals surface area contributed by atoms with Crippen LogP contribution in [0.2, 0.25) is 0 Å². The fourth-order valence-corrected chi connectivity index (χ4v) is 1.67. The van der Waals surface area contributed by atoms with E-state index in [0.717, 1.165) is 13.0 Å². The van der Waals surface area contributed by atoms with Gasteiger partial charge in [0.25, 0.3) is 5.91 Å². The van der Waals surface area contributed by atoms with E-state index in [2.05, 4.69) is 33.5 Å². The molecule has 0 bridgehead atoms. The maximum Gasteiger partial charge on any atom is 0.254 e. The summed E-state index contributed by atoms with van der Waals surface area (Å²) in [6.07, 6.45) is 1.05. The van der Waals surface area contributed by atoms with E-state index >= 15 is 0 Å². The molecule has 0 unspecified atom stereocenters. The Morgan fingerprint density at radius 2 is 2.12 bits per heavy atom. The number of hydrogen-bond acceptors (Lipinski definition) is 2. The molecule has 0 saturated carbocycles. The minimum atomic E-state index is -0.515. The highest BCUT2D eigenvalue weighted by molar-refractivity contribution is 9.10. The number of carbonyl (C=O) groups excluding carboxylic acids is 1. The Balaban J connectivity index is 2.42. The van der Waals surface area contributed by atoms with Crippen LogP contribution in [-0.4, -0.2) is 25.5 Å². The zero-order chi connectivity index (χ0) is 12.7. The summed E-state index contributed by atoms with van der Waals surface area (Å²) >= 11 is 3.14. The number of halogens is 2. The van der Waals surface area contributed by atoms with Gasteiger partial charge < -0.3 is 10.6 Å². The third-order valence-electron chi connectivity index (χ3n) is 2.19. The van der Waals surface area contributed by atoms with Crippen LogP contribution in [-0.2, 0) is 0 Å². The van der Waals surface area contributed by atoms with Crippen LogP contribution in [0.15, 0.2) is 22.7 Å². The van der Waals surface area contributed by atoms with E-state index in [4.69, 9.17) is 0 Å². The van der Waals surface area contributed by atoms with E-state index in [0.29, 0.717) is 17.6 Å². The minimum Gasteiger partial charge on any atom is -0.351 e. The molecule has 1 aromatic carbocycles. The molecular formula is C12H16BrFN2O. The van der Waals surface area contributed by atoms with Crippen molar-refractivity contribution in [3.05, 3.63) is 34.1 Å². The molecule has 1 amide bonds. The lowest BCUT2D eigenvalue weighted by Crippen LogP contribution is -2.32. The van der Waals surface area contributed by atoms with Crippen LogP contribution in [0.1, 0.15) is 23.7 Å². The SMILES string of the molecule is CCCNCCNC(=O)c1ccc(Br)cc1F. The molecule has 17 heavy (non-hydrogen) atoms. The number of rotatable bonds is 6. The molecule has 0 spiro atoms. The second-order valence-corrected chi connectivity index (χ2v) is 4.55. The van der Waals surface area contributed by atoms with Crippen LogP contribution < -0.4 is 10.6 Å². The second kappa shape index (κ2) is 7.40. The molecule has 0 saturated heterocycles. The fraction of sp³-hybridized carbons (Fsp3) is 0.417. The lowest BCUT2D eigenvalue weighted by molar-refractivity contribution is 0.0950. The Kier molecular flexibility index (Phi) is 6.15. The molecular weight excluding hydrogens is 287 g/mol. The normalized spacial score (nSPS) is 10.3. The standard InChI is InChI=1S/C12H16BrFN2O/c1-2-5-15-6-7-16-12(17)10-4-3-9(13)8-11(10)14/h3-4,8,15H,2,5-7H2,1H3,(H,16,17). The maximum atomic E-state index is 13.4. The van der Waals surface area contributed by atoms with Crippen molar-refractivity contribution in [2.45, 2.75) is 13.3 Å². The molecule has 1 aromatic rings. The quantitative estimate of drug-likeness (QED) is 0.792. The van der Waals surface area contributed by atoms with Gasteiger partial charge in [0.1, 0.15) is 5.82 Å². The Hall–Kier alpha value is -0.940. The zero-order valence-electron chi connectivity index (χ0n) is 9.72. The summed E-state index contributed by atoms with van der Waals surface area (Å²) in [7, 11) is 0. The van der Waals surface area contributed by atoms with Gasteiger partial charge >= 0.3 is 0 Å². The summed E-state index contributed by atoms with van der Waals surface area (Å²) in [6, 6.07) is 4.39. The van der Waals surface area contributed by atoms with Crippen LogP contribution in [0.4, 0.5) is 4.39 Å². The van der Waals surface area contributed by atoms with Gasteiger partial charge in [0.15, 0.2) is 0 Å². The van der Waals surface area contributed by atoms with Crippen molar-refractivity contribution < 1.29 is 9.18 Å². The van der Waals surface area contributed by atoms with E-state index in [-0.39, 0.29) is 11.5 Å². The highest BCUT2D eigenvalue weighted by atomic mass is 79.9. The maximum absolute atomic E-state index is 13.4. The van der Waals surface area contributed by atoms with Crippen molar-refractivity contribution in [2.24, 2.45) is 0 Å². The molecule has 0 fully saturated rings. The van der Waals surface area contributed by atoms with Crippen LogP contribution in [0.3, 0.4) is 0 Å². The first-order valence-corrected chi connectivity index (χ1v) is 6.38. The molecule has 2 N–H and O–H groups in total. The number of benzene rings is 1. The number of hydrogen-bond donors (Lipinski definition) is 2. The smallest absolute Gasteiger partial charge is 0.254 e. The molecule has 0 heterocycles. The monoisotopic (exact) mass is 302 g/mol. The predicted molar refractivity (Wildman–Crippen MR) is 69.6 cm³/mol. The Labute approximate surface area is 109 Å².